The van der Waals surface area contributed by atoms with Crippen molar-refractivity contribution in [2.45, 2.75) is 74.7 Å². The quantitative estimate of drug-likeness (QED) is 0.551. The summed E-state index contributed by atoms with van der Waals surface area (Å²) in [4.78, 5) is 2.68. The van der Waals surface area contributed by atoms with Gasteiger partial charge in [0.2, 0.25) is 0 Å². The first-order valence-corrected chi connectivity index (χ1v) is 13.4. The van der Waals surface area contributed by atoms with Crippen LogP contribution in [-0.2, 0) is 12.6 Å². The molecule has 113 valence electrons. The molecule has 1 nitrogen and oxygen atoms in total. The second-order valence-electron chi connectivity index (χ2n) is 5.98. The van der Waals surface area contributed by atoms with Crippen LogP contribution in [0.3, 0.4) is 0 Å². The van der Waals surface area contributed by atoms with E-state index in [0.717, 1.165) is 17.7 Å². The van der Waals surface area contributed by atoms with Crippen LogP contribution in [0.2, 0.25) is 15.8 Å². The van der Waals surface area contributed by atoms with Crippen LogP contribution in [0, 0.1) is 5.92 Å². The van der Waals surface area contributed by atoms with E-state index in [1.807, 2.05) is 0 Å². The van der Waals surface area contributed by atoms with Crippen molar-refractivity contribution < 1.29 is 0 Å². The molecule has 0 aromatic carbocycles. The number of hydrogen-bond acceptors (Lipinski definition) is 2. The molecule has 0 spiro atoms. The molecule has 2 heterocycles. The van der Waals surface area contributed by atoms with Crippen LogP contribution >= 0.6 is 0 Å². The predicted molar refractivity (Wildman–Crippen MR) is 91.4 cm³/mol. The fourth-order valence-corrected chi connectivity index (χ4v) is 7.06. The van der Waals surface area contributed by atoms with E-state index in [2.05, 4.69) is 25.7 Å². The SMILES string of the molecule is C[CH2][Ge]([CH2]C)[CH2]C.[S-]C[C@@H]1CCCN2CCCC[C@H]12. The molecule has 2 aliphatic heterocycles. The average Bonchev–Trinajstić information content (AvgIpc) is 2.49. The zero-order valence-electron chi connectivity index (χ0n) is 13.3. The number of fused-ring (bicyclic) bond motifs is 1. The van der Waals surface area contributed by atoms with Gasteiger partial charge in [-0.2, -0.15) is 5.75 Å². The van der Waals surface area contributed by atoms with Gasteiger partial charge < -0.3 is 17.5 Å². The third-order valence-corrected chi connectivity index (χ3v) is 11.7. The molecule has 0 aromatic heterocycles. The van der Waals surface area contributed by atoms with Crippen molar-refractivity contribution in [2.24, 2.45) is 5.92 Å². The molecule has 0 N–H and O–H groups in total. The molecular formula is C16H33GeNS-. The first kappa shape index (κ1) is 17.9. The van der Waals surface area contributed by atoms with E-state index in [4.69, 9.17) is 12.6 Å². The Hall–Kier alpha value is 0.853. The maximum atomic E-state index is 5.21. The Bertz CT molecular complexity index is 207. The molecule has 2 atom stereocenters. The maximum Gasteiger partial charge on any atom is 0.0105 e. The van der Waals surface area contributed by atoms with Gasteiger partial charge in [-0.25, -0.2) is 0 Å². The Balaban J connectivity index is 0.000000224. The fraction of sp³-hybridized carbons (Fsp3) is 1.00. The summed E-state index contributed by atoms with van der Waals surface area (Å²) in [6.07, 6.45) is 7.05. The van der Waals surface area contributed by atoms with Crippen molar-refractivity contribution in [3.63, 3.8) is 0 Å². The molecular weight excluding hydrogens is 311 g/mol. The second kappa shape index (κ2) is 10.6. The summed E-state index contributed by atoms with van der Waals surface area (Å²) >= 11 is 4.81. The summed E-state index contributed by atoms with van der Waals surface area (Å²) in [6, 6.07) is 0.866. The molecule has 0 aromatic rings. The van der Waals surface area contributed by atoms with Gasteiger partial charge in [0.05, 0.1) is 0 Å². The minimum atomic E-state index is -0.403. The van der Waals surface area contributed by atoms with Crippen LogP contribution in [-0.4, -0.2) is 44.1 Å². The first-order valence-electron chi connectivity index (χ1n) is 8.42. The molecule has 0 aliphatic carbocycles. The van der Waals surface area contributed by atoms with E-state index in [-0.39, 0.29) is 0 Å². The summed E-state index contributed by atoms with van der Waals surface area (Å²) in [5, 5.41) is 4.56. The minimum Gasteiger partial charge on any atom is -0.792 e. The first-order chi connectivity index (χ1) is 9.26. The van der Waals surface area contributed by atoms with Crippen molar-refractivity contribution in [3.8, 4) is 0 Å². The van der Waals surface area contributed by atoms with Crippen LogP contribution in [0.25, 0.3) is 0 Å². The molecule has 3 heteroatoms. The Morgan fingerprint density at radius 2 is 1.58 bits per heavy atom. The standard InChI is InChI=1S/C10H19NS.C6H15Ge/c12-8-9-4-3-7-11-6-2-1-5-10(9)11;1-4-7(5-2)6-3/h9-10,12H,1-8H2;4-6H2,1-3H3/p-1/t9-,10+;/m0./s1. The van der Waals surface area contributed by atoms with Crippen LogP contribution in [0.15, 0.2) is 0 Å². The molecule has 0 amide bonds. The zero-order chi connectivity index (χ0) is 14.1. The number of rotatable bonds is 4. The van der Waals surface area contributed by atoms with E-state index in [9.17, 15) is 0 Å². The Labute approximate surface area is 131 Å². The van der Waals surface area contributed by atoms with E-state index in [1.54, 1.807) is 0 Å². The Morgan fingerprint density at radius 3 is 2.11 bits per heavy atom. The molecule has 19 heavy (non-hydrogen) atoms. The van der Waals surface area contributed by atoms with Gasteiger partial charge >= 0.3 is 50.9 Å². The summed E-state index contributed by atoms with van der Waals surface area (Å²) in [5.41, 5.74) is 0. The topological polar surface area (TPSA) is 3.24 Å². The summed E-state index contributed by atoms with van der Waals surface area (Å²) in [6.45, 7) is 9.69. The fourth-order valence-electron chi connectivity index (χ4n) is 3.52. The zero-order valence-corrected chi connectivity index (χ0v) is 16.2. The molecule has 0 saturated carbocycles. The molecule has 2 rings (SSSR count). The monoisotopic (exact) mass is 345 g/mol. The largest absolute Gasteiger partial charge is 0.792 e. The number of hydrogen-bond donors (Lipinski definition) is 0. The van der Waals surface area contributed by atoms with Gasteiger partial charge in [0.1, 0.15) is 0 Å². The van der Waals surface area contributed by atoms with E-state index >= 15 is 0 Å². The van der Waals surface area contributed by atoms with Gasteiger partial charge in [0.25, 0.3) is 0 Å². The van der Waals surface area contributed by atoms with Crippen LogP contribution < -0.4 is 0 Å². The van der Waals surface area contributed by atoms with Crippen molar-refractivity contribution in [3.05, 3.63) is 0 Å². The van der Waals surface area contributed by atoms with Crippen molar-refractivity contribution in [1.29, 1.82) is 0 Å². The van der Waals surface area contributed by atoms with Crippen molar-refractivity contribution in [2.75, 3.05) is 18.8 Å². The second-order valence-corrected chi connectivity index (χ2v) is 13.9. The van der Waals surface area contributed by atoms with Gasteiger partial charge in [0.15, 0.2) is 0 Å². The average molecular weight is 344 g/mol. The third kappa shape index (κ3) is 6.01. The van der Waals surface area contributed by atoms with E-state index < -0.39 is 14.3 Å². The van der Waals surface area contributed by atoms with Gasteiger partial charge in [-0.1, -0.05) is 6.42 Å². The Kier molecular flexibility index (Phi) is 9.95. The van der Waals surface area contributed by atoms with Gasteiger partial charge in [-0.05, 0) is 44.7 Å². The molecule has 1 radical (unpaired) electrons. The third-order valence-electron chi connectivity index (χ3n) is 4.94. The minimum absolute atomic E-state index is 0.403. The Morgan fingerprint density at radius 1 is 0.947 bits per heavy atom. The van der Waals surface area contributed by atoms with Crippen molar-refractivity contribution in [1.82, 2.24) is 4.90 Å². The van der Waals surface area contributed by atoms with Crippen LogP contribution in [0.1, 0.15) is 52.9 Å². The van der Waals surface area contributed by atoms with E-state index in [1.165, 1.54) is 61.0 Å². The smallest absolute Gasteiger partial charge is 0.0105 e. The molecule has 0 unspecified atom stereocenters. The molecule has 2 saturated heterocycles. The summed E-state index contributed by atoms with van der Waals surface area (Å²) in [5.74, 6) is 1.83. The van der Waals surface area contributed by atoms with Crippen LogP contribution in [0.4, 0.5) is 0 Å². The van der Waals surface area contributed by atoms with Gasteiger partial charge in [-0.15, -0.1) is 0 Å². The van der Waals surface area contributed by atoms with E-state index in [0.29, 0.717) is 0 Å². The van der Waals surface area contributed by atoms with Crippen LogP contribution in [0.5, 0.6) is 0 Å². The number of nitrogens with zero attached hydrogens (tertiary/aromatic N) is 1. The summed E-state index contributed by atoms with van der Waals surface area (Å²) in [7, 11) is 0. The summed E-state index contributed by atoms with van der Waals surface area (Å²) < 4.78 is 0. The van der Waals surface area contributed by atoms with Crippen molar-refractivity contribution >= 4 is 27.0 Å². The molecule has 2 fully saturated rings. The number of piperidine rings is 2. The predicted octanol–water partition coefficient (Wildman–Crippen LogP) is 4.34. The van der Waals surface area contributed by atoms with Gasteiger partial charge in [-0.3, -0.25) is 0 Å². The van der Waals surface area contributed by atoms with Gasteiger partial charge in [0, 0.05) is 6.04 Å². The molecule has 0 bridgehead atoms. The maximum absolute atomic E-state index is 5.21. The molecule has 2 aliphatic rings. The normalized spacial score (nSPS) is 27.6.